The molecule has 0 saturated carbocycles. The molecule has 1 aromatic carbocycles. The number of halogens is 1. The number of hydrogen-bond donors (Lipinski definition) is 3. The zero-order valence-electron chi connectivity index (χ0n) is 14.9. The number of nitrogens with zero attached hydrogens (tertiary/aromatic N) is 1. The summed E-state index contributed by atoms with van der Waals surface area (Å²) in [5, 5.41) is 9.76. The average Bonchev–Trinajstić information content (AvgIpc) is 2.70. The molecule has 0 aliphatic rings. The summed E-state index contributed by atoms with van der Waals surface area (Å²) in [6.07, 6.45) is 1.28. The lowest BCUT2D eigenvalue weighted by atomic mass is 10.1. The molecule has 0 fully saturated rings. The predicted molar refractivity (Wildman–Crippen MR) is 103 cm³/mol. The van der Waals surface area contributed by atoms with Crippen LogP contribution in [-0.2, 0) is 9.53 Å². The van der Waals surface area contributed by atoms with Gasteiger partial charge >= 0.3 is 5.97 Å². The van der Waals surface area contributed by atoms with Crippen LogP contribution in [0.2, 0.25) is 0 Å². The van der Waals surface area contributed by atoms with Crippen molar-refractivity contribution in [1.82, 2.24) is 10.3 Å². The summed E-state index contributed by atoms with van der Waals surface area (Å²) >= 11 is 0. The van der Waals surface area contributed by atoms with E-state index in [1.807, 2.05) is 0 Å². The molecular weight excluding hydrogens is 388 g/mol. The number of nitrogen functional groups attached to an aromatic ring is 1. The Kier molecular flexibility index (Phi) is 8.57. The van der Waals surface area contributed by atoms with E-state index in [1.54, 1.807) is 12.1 Å². The summed E-state index contributed by atoms with van der Waals surface area (Å²) in [6, 6.07) is 9.07. The van der Waals surface area contributed by atoms with E-state index >= 15 is 0 Å². The zero-order chi connectivity index (χ0) is 19.8. The van der Waals surface area contributed by atoms with Crippen LogP contribution in [0, 0.1) is 5.41 Å². The molecule has 148 valence electrons. The minimum atomic E-state index is -0.510. The van der Waals surface area contributed by atoms with Gasteiger partial charge in [-0.25, -0.2) is 4.79 Å². The second-order valence-electron chi connectivity index (χ2n) is 5.34. The second-order valence-corrected chi connectivity index (χ2v) is 5.34. The molecule has 0 aliphatic carbocycles. The van der Waals surface area contributed by atoms with Crippen molar-refractivity contribution in [2.75, 3.05) is 20.3 Å². The molecule has 1 amide bonds. The summed E-state index contributed by atoms with van der Waals surface area (Å²) in [4.78, 5) is 39.1. The highest BCUT2D eigenvalue weighted by atomic mass is 35.5. The van der Waals surface area contributed by atoms with Crippen LogP contribution in [0.1, 0.15) is 26.4 Å². The molecule has 0 atom stereocenters. The number of nitrogens with one attached hydrogen (secondary N) is 2. The van der Waals surface area contributed by atoms with Gasteiger partial charge in [-0.1, -0.05) is 0 Å². The van der Waals surface area contributed by atoms with Gasteiger partial charge in [0.05, 0.1) is 19.2 Å². The normalized spacial score (nSPS) is 9.61. The SMILES string of the molecule is COC(=O)COc1ccc(C(=O)CNC(=O)c2ccc(C(=N)N)nc2)cc1.Cl. The average molecular weight is 407 g/mol. The summed E-state index contributed by atoms with van der Waals surface area (Å²) in [5.74, 6) is -1.06. The maximum atomic E-state index is 12.2. The number of carbonyl (C=O) groups excluding carboxylic acids is 3. The first-order valence-electron chi connectivity index (χ1n) is 7.82. The van der Waals surface area contributed by atoms with E-state index < -0.39 is 11.9 Å². The number of esters is 1. The van der Waals surface area contributed by atoms with Crippen LogP contribution in [0.4, 0.5) is 0 Å². The first kappa shape index (κ1) is 22.6. The van der Waals surface area contributed by atoms with Gasteiger partial charge in [0.2, 0.25) is 0 Å². The number of Topliss-reactive ketones (excluding diaryl/α,β-unsaturated/α-hetero) is 1. The van der Waals surface area contributed by atoms with Gasteiger partial charge in [-0.2, -0.15) is 0 Å². The van der Waals surface area contributed by atoms with Gasteiger partial charge in [0, 0.05) is 11.8 Å². The van der Waals surface area contributed by atoms with E-state index in [2.05, 4.69) is 15.0 Å². The molecule has 0 bridgehead atoms. The number of amidine groups is 1. The number of carbonyl (C=O) groups is 3. The molecule has 0 unspecified atom stereocenters. The standard InChI is InChI=1S/C18H18N4O5.ClH/c1-26-16(24)10-27-13-5-2-11(3-6-13)15(23)9-22-18(25)12-4-7-14(17(19)20)21-8-12;/h2-8H,9-10H2,1H3,(H3,19,20)(H,22,25);1H. The predicted octanol–water partition coefficient (Wildman–Crippen LogP) is 0.952. The van der Waals surface area contributed by atoms with Gasteiger partial charge in [0.25, 0.3) is 5.91 Å². The number of nitrogens with two attached hydrogens (primary N) is 1. The monoisotopic (exact) mass is 406 g/mol. The van der Waals surface area contributed by atoms with E-state index in [9.17, 15) is 14.4 Å². The van der Waals surface area contributed by atoms with Crippen LogP contribution in [-0.4, -0.2) is 48.7 Å². The Balaban J connectivity index is 0.00000392. The number of hydrogen-bond acceptors (Lipinski definition) is 7. The molecule has 0 spiro atoms. The van der Waals surface area contributed by atoms with Gasteiger partial charge in [0.1, 0.15) is 17.3 Å². The molecule has 1 aromatic heterocycles. The highest BCUT2D eigenvalue weighted by Crippen LogP contribution is 2.12. The number of pyridine rings is 1. The maximum absolute atomic E-state index is 12.2. The zero-order valence-corrected chi connectivity index (χ0v) is 15.7. The third-order valence-electron chi connectivity index (χ3n) is 3.47. The number of benzene rings is 1. The van der Waals surface area contributed by atoms with Crippen molar-refractivity contribution in [1.29, 1.82) is 5.41 Å². The molecule has 0 aliphatic heterocycles. The summed E-state index contributed by atoms with van der Waals surface area (Å²) in [7, 11) is 1.26. The minimum Gasteiger partial charge on any atom is -0.482 e. The largest absolute Gasteiger partial charge is 0.482 e. The summed E-state index contributed by atoms with van der Waals surface area (Å²) < 4.78 is 9.65. The number of ether oxygens (including phenoxy) is 2. The van der Waals surface area contributed by atoms with Crippen molar-refractivity contribution in [3.63, 3.8) is 0 Å². The summed E-state index contributed by atoms with van der Waals surface area (Å²) in [5.41, 5.74) is 6.19. The molecule has 0 saturated heterocycles. The molecule has 2 rings (SSSR count). The van der Waals surface area contributed by atoms with Gasteiger partial charge in [-0.3, -0.25) is 20.0 Å². The molecule has 0 radical (unpaired) electrons. The number of amides is 1. The van der Waals surface area contributed by atoms with Crippen molar-refractivity contribution in [2.45, 2.75) is 0 Å². The molecule has 9 nitrogen and oxygen atoms in total. The van der Waals surface area contributed by atoms with Crippen LogP contribution >= 0.6 is 12.4 Å². The Morgan fingerprint density at radius 3 is 2.29 bits per heavy atom. The van der Waals surface area contributed by atoms with Crippen molar-refractivity contribution in [3.8, 4) is 5.75 Å². The molecule has 10 heteroatoms. The van der Waals surface area contributed by atoms with Crippen LogP contribution in [0.25, 0.3) is 0 Å². The quantitative estimate of drug-likeness (QED) is 0.256. The van der Waals surface area contributed by atoms with Gasteiger partial charge in [0.15, 0.2) is 12.4 Å². The van der Waals surface area contributed by atoms with Gasteiger partial charge in [-0.15, -0.1) is 12.4 Å². The van der Waals surface area contributed by atoms with Crippen molar-refractivity contribution >= 4 is 35.9 Å². The van der Waals surface area contributed by atoms with Gasteiger partial charge < -0.3 is 20.5 Å². The Hall–Kier alpha value is -3.46. The first-order chi connectivity index (χ1) is 12.9. The fourth-order valence-electron chi connectivity index (χ4n) is 1.99. The van der Waals surface area contributed by atoms with E-state index in [1.165, 1.54) is 37.6 Å². The van der Waals surface area contributed by atoms with Crippen LogP contribution < -0.4 is 15.8 Å². The van der Waals surface area contributed by atoms with E-state index in [0.29, 0.717) is 11.3 Å². The molecule has 2 aromatic rings. The topological polar surface area (TPSA) is 144 Å². The Morgan fingerprint density at radius 2 is 1.75 bits per heavy atom. The number of methoxy groups -OCH3 is 1. The van der Waals surface area contributed by atoms with Crippen LogP contribution in [0.3, 0.4) is 0 Å². The van der Waals surface area contributed by atoms with Crippen LogP contribution in [0.15, 0.2) is 42.6 Å². The lowest BCUT2D eigenvalue weighted by Crippen LogP contribution is -2.29. The molecule has 28 heavy (non-hydrogen) atoms. The van der Waals surface area contributed by atoms with E-state index in [0.717, 1.165) is 0 Å². The lowest BCUT2D eigenvalue weighted by molar-refractivity contribution is -0.142. The van der Waals surface area contributed by atoms with Crippen molar-refractivity contribution in [2.24, 2.45) is 5.73 Å². The smallest absolute Gasteiger partial charge is 0.343 e. The van der Waals surface area contributed by atoms with Crippen molar-refractivity contribution < 1.29 is 23.9 Å². The minimum absolute atomic E-state index is 0. The second kappa shape index (κ2) is 10.6. The Bertz CT molecular complexity index is 853. The Morgan fingerprint density at radius 1 is 1.11 bits per heavy atom. The van der Waals surface area contributed by atoms with Crippen LogP contribution in [0.5, 0.6) is 5.75 Å². The highest BCUT2D eigenvalue weighted by Gasteiger charge is 2.11. The maximum Gasteiger partial charge on any atom is 0.343 e. The third kappa shape index (κ3) is 6.36. The Labute approximate surface area is 167 Å². The fourth-order valence-corrected chi connectivity index (χ4v) is 1.99. The first-order valence-corrected chi connectivity index (χ1v) is 7.82. The third-order valence-corrected chi connectivity index (χ3v) is 3.47. The summed E-state index contributed by atoms with van der Waals surface area (Å²) in [6.45, 7) is -0.425. The van der Waals surface area contributed by atoms with Gasteiger partial charge in [-0.05, 0) is 36.4 Å². The molecule has 4 N–H and O–H groups in total. The van der Waals surface area contributed by atoms with E-state index in [-0.39, 0.29) is 48.4 Å². The fraction of sp³-hybridized carbons (Fsp3) is 0.167. The number of ketones is 1. The molecule has 1 heterocycles. The van der Waals surface area contributed by atoms with E-state index in [4.69, 9.17) is 15.9 Å². The molecular formula is C18H19ClN4O5. The number of aromatic nitrogens is 1. The van der Waals surface area contributed by atoms with Crippen molar-refractivity contribution in [3.05, 3.63) is 59.4 Å². The highest BCUT2D eigenvalue weighted by molar-refractivity contribution is 6.02. The lowest BCUT2D eigenvalue weighted by Gasteiger charge is -2.07. The number of rotatable bonds is 8.